The van der Waals surface area contributed by atoms with E-state index in [4.69, 9.17) is 33.0 Å². The predicted octanol–water partition coefficient (Wildman–Crippen LogP) is 2.81. The van der Waals surface area contributed by atoms with Gasteiger partial charge in [0, 0.05) is 10.5 Å². The molecule has 0 aliphatic heterocycles. The number of hydrogen-bond donors (Lipinski definition) is 3. The predicted molar refractivity (Wildman–Crippen MR) is 104 cm³/mol. The van der Waals surface area contributed by atoms with Crippen molar-refractivity contribution in [1.29, 1.82) is 0 Å². The first kappa shape index (κ1) is 20.0. The van der Waals surface area contributed by atoms with Crippen LogP contribution in [0.25, 0.3) is 6.08 Å². The van der Waals surface area contributed by atoms with Crippen LogP contribution >= 0.6 is 39.7 Å². The maximum Gasteiger partial charge on any atom is 0.276 e. The van der Waals surface area contributed by atoms with Crippen molar-refractivity contribution >= 4 is 62.8 Å². The number of carbonyl (C=O) groups excluding carboxylic acids is 2. The molecule has 0 unspecified atom stereocenters. The lowest BCUT2D eigenvalue weighted by Crippen LogP contribution is -2.49. The molecule has 1 heterocycles. The van der Waals surface area contributed by atoms with Gasteiger partial charge in [-0.2, -0.15) is 0 Å². The van der Waals surface area contributed by atoms with Crippen LogP contribution in [0.3, 0.4) is 0 Å². The number of halogens is 2. The number of ether oxygens (including phenoxy) is 1. The smallest absolute Gasteiger partial charge is 0.276 e. The highest BCUT2D eigenvalue weighted by molar-refractivity contribution is 9.10. The minimum Gasteiger partial charge on any atom is -0.482 e. The van der Waals surface area contributed by atoms with Crippen LogP contribution in [0.2, 0.25) is 5.02 Å². The van der Waals surface area contributed by atoms with E-state index in [9.17, 15) is 9.59 Å². The van der Waals surface area contributed by atoms with Crippen LogP contribution in [0.4, 0.5) is 0 Å². The van der Waals surface area contributed by atoms with E-state index >= 15 is 0 Å². The molecule has 1 aromatic carbocycles. The SMILES string of the molecule is O=C(C=Cc1ccco1)NC(=S)NNC(=O)COc1ccc(Br)cc1Cl. The summed E-state index contributed by atoms with van der Waals surface area (Å²) in [5, 5.41) is 2.65. The molecule has 3 N–H and O–H groups in total. The van der Waals surface area contributed by atoms with Crippen LogP contribution in [-0.4, -0.2) is 23.5 Å². The number of benzene rings is 1. The van der Waals surface area contributed by atoms with Crippen LogP contribution in [-0.2, 0) is 9.59 Å². The fourth-order valence-corrected chi connectivity index (χ4v) is 2.51. The summed E-state index contributed by atoms with van der Waals surface area (Å²) < 4.78 is 11.1. The summed E-state index contributed by atoms with van der Waals surface area (Å²) in [6.45, 7) is -0.288. The average Bonchev–Trinajstić information content (AvgIpc) is 3.11. The third kappa shape index (κ3) is 6.87. The van der Waals surface area contributed by atoms with Crippen molar-refractivity contribution in [2.45, 2.75) is 0 Å². The Morgan fingerprint density at radius 2 is 2.12 bits per heavy atom. The summed E-state index contributed by atoms with van der Waals surface area (Å²) >= 11 is 14.1. The normalized spacial score (nSPS) is 10.4. The number of hydrogen-bond acceptors (Lipinski definition) is 5. The van der Waals surface area contributed by atoms with Gasteiger partial charge in [0.25, 0.3) is 5.91 Å². The molecule has 0 saturated heterocycles. The van der Waals surface area contributed by atoms with Gasteiger partial charge < -0.3 is 9.15 Å². The molecule has 0 atom stereocenters. The molecule has 0 aliphatic rings. The van der Waals surface area contributed by atoms with Crippen LogP contribution in [0.15, 0.2) is 51.6 Å². The van der Waals surface area contributed by atoms with Gasteiger partial charge >= 0.3 is 0 Å². The first-order chi connectivity index (χ1) is 12.4. The molecule has 0 saturated carbocycles. The van der Waals surface area contributed by atoms with Crippen molar-refractivity contribution in [3.05, 3.63) is 57.9 Å². The second-order valence-corrected chi connectivity index (χ2v) is 6.43. The average molecular weight is 459 g/mol. The monoisotopic (exact) mass is 457 g/mol. The van der Waals surface area contributed by atoms with E-state index in [1.165, 1.54) is 18.4 Å². The van der Waals surface area contributed by atoms with Gasteiger partial charge in [0.2, 0.25) is 5.91 Å². The fraction of sp³-hybridized carbons (Fsp3) is 0.0625. The minimum atomic E-state index is -0.508. The van der Waals surface area contributed by atoms with Crippen molar-refractivity contribution in [2.24, 2.45) is 0 Å². The summed E-state index contributed by atoms with van der Waals surface area (Å²) in [5.41, 5.74) is 4.68. The molecule has 2 aromatic rings. The quantitative estimate of drug-likeness (QED) is 0.362. The number of nitrogens with one attached hydrogen (secondary N) is 3. The topological polar surface area (TPSA) is 92.6 Å². The number of furan rings is 1. The third-order valence-corrected chi connectivity index (χ3v) is 3.74. The van der Waals surface area contributed by atoms with E-state index in [2.05, 4.69) is 32.1 Å². The molecule has 0 spiro atoms. The summed E-state index contributed by atoms with van der Waals surface area (Å²) in [6.07, 6.45) is 4.21. The molecular formula is C16H13BrClN3O4S. The van der Waals surface area contributed by atoms with Crippen molar-refractivity contribution in [3.8, 4) is 5.75 Å². The summed E-state index contributed by atoms with van der Waals surface area (Å²) in [5.74, 6) is -0.0993. The molecule has 136 valence electrons. The zero-order chi connectivity index (χ0) is 18.9. The number of thiocarbonyl (C=S) groups is 1. The van der Waals surface area contributed by atoms with E-state index in [1.54, 1.807) is 30.3 Å². The number of amides is 2. The highest BCUT2D eigenvalue weighted by Crippen LogP contribution is 2.27. The molecule has 7 nitrogen and oxygen atoms in total. The van der Waals surface area contributed by atoms with Crippen LogP contribution < -0.4 is 20.9 Å². The maximum absolute atomic E-state index is 11.7. The van der Waals surface area contributed by atoms with Crippen LogP contribution in [0.1, 0.15) is 5.76 Å². The van der Waals surface area contributed by atoms with Crippen LogP contribution in [0.5, 0.6) is 5.75 Å². The number of rotatable bonds is 5. The summed E-state index contributed by atoms with van der Waals surface area (Å²) in [4.78, 5) is 23.4. The minimum absolute atomic E-state index is 0.0749. The van der Waals surface area contributed by atoms with E-state index in [1.807, 2.05) is 0 Å². The van der Waals surface area contributed by atoms with Crippen LogP contribution in [0, 0.1) is 0 Å². The molecular weight excluding hydrogens is 446 g/mol. The van der Waals surface area contributed by atoms with Gasteiger partial charge in [0.15, 0.2) is 11.7 Å². The molecule has 2 rings (SSSR count). The van der Waals surface area contributed by atoms with Gasteiger partial charge in [-0.25, -0.2) is 0 Å². The zero-order valence-electron chi connectivity index (χ0n) is 13.1. The van der Waals surface area contributed by atoms with E-state index in [0.29, 0.717) is 16.5 Å². The van der Waals surface area contributed by atoms with E-state index in [0.717, 1.165) is 4.47 Å². The molecule has 0 bridgehead atoms. The van der Waals surface area contributed by atoms with Gasteiger partial charge in [-0.1, -0.05) is 27.5 Å². The number of carbonyl (C=O) groups is 2. The van der Waals surface area contributed by atoms with Crippen molar-refractivity contribution in [2.75, 3.05) is 6.61 Å². The third-order valence-electron chi connectivity index (χ3n) is 2.75. The molecule has 2 amide bonds. The van der Waals surface area contributed by atoms with Gasteiger partial charge in [0.05, 0.1) is 11.3 Å². The second-order valence-electron chi connectivity index (χ2n) is 4.70. The Morgan fingerprint density at radius 1 is 1.31 bits per heavy atom. The Kier molecular flexibility index (Phi) is 7.64. The molecule has 1 aromatic heterocycles. The van der Waals surface area contributed by atoms with Crippen molar-refractivity contribution < 1.29 is 18.7 Å². The Morgan fingerprint density at radius 3 is 2.81 bits per heavy atom. The Bertz CT molecular complexity index is 827. The molecule has 10 heteroatoms. The first-order valence-electron chi connectivity index (χ1n) is 7.13. The molecule has 26 heavy (non-hydrogen) atoms. The Labute approximate surface area is 167 Å². The fourth-order valence-electron chi connectivity index (χ4n) is 1.63. The van der Waals surface area contributed by atoms with Gasteiger partial charge in [-0.3, -0.25) is 25.8 Å². The van der Waals surface area contributed by atoms with E-state index in [-0.39, 0.29) is 11.7 Å². The molecule has 0 radical (unpaired) electrons. The highest BCUT2D eigenvalue weighted by Gasteiger charge is 2.07. The lowest BCUT2D eigenvalue weighted by Gasteiger charge is -2.11. The van der Waals surface area contributed by atoms with Crippen molar-refractivity contribution in [3.63, 3.8) is 0 Å². The van der Waals surface area contributed by atoms with Gasteiger partial charge in [-0.15, -0.1) is 0 Å². The second kappa shape index (κ2) is 9.95. The van der Waals surface area contributed by atoms with Gasteiger partial charge in [-0.05, 0) is 48.6 Å². The lowest BCUT2D eigenvalue weighted by atomic mass is 10.3. The molecule has 0 fully saturated rings. The van der Waals surface area contributed by atoms with Gasteiger partial charge in [0.1, 0.15) is 11.5 Å². The molecule has 0 aliphatic carbocycles. The number of hydrazine groups is 1. The van der Waals surface area contributed by atoms with Crippen molar-refractivity contribution in [1.82, 2.24) is 16.2 Å². The van der Waals surface area contributed by atoms with E-state index < -0.39 is 11.8 Å². The Hall–Kier alpha value is -2.36. The summed E-state index contributed by atoms with van der Waals surface area (Å²) in [6, 6.07) is 8.40. The largest absolute Gasteiger partial charge is 0.482 e. The standard InChI is InChI=1S/C16H13BrClN3O4S/c17-10-3-5-13(12(18)8-10)25-9-15(23)20-21-16(26)19-14(22)6-4-11-2-1-7-24-11/h1-8H,9H2,(H,20,23)(H2,19,21,22,26). The highest BCUT2D eigenvalue weighted by atomic mass is 79.9. The summed E-state index contributed by atoms with van der Waals surface area (Å²) in [7, 11) is 0. The first-order valence-corrected chi connectivity index (χ1v) is 8.71. The Balaban J connectivity index is 1.69. The maximum atomic E-state index is 11.7. The zero-order valence-corrected chi connectivity index (χ0v) is 16.3. The lowest BCUT2D eigenvalue weighted by molar-refractivity contribution is -0.123.